The molecule has 0 bridgehead atoms. The van der Waals surface area contributed by atoms with Gasteiger partial charge in [-0.1, -0.05) is 26.2 Å². The van der Waals surface area contributed by atoms with Gasteiger partial charge in [0, 0.05) is 5.54 Å². The molecule has 3 unspecified atom stereocenters. The fourth-order valence-corrected chi connectivity index (χ4v) is 4.67. The molecule has 1 aliphatic heterocycles. The maximum absolute atomic E-state index is 6.57. The molecule has 3 fully saturated rings. The van der Waals surface area contributed by atoms with Crippen molar-refractivity contribution in [1.82, 2.24) is 0 Å². The Morgan fingerprint density at radius 1 is 1.06 bits per heavy atom. The average Bonchev–Trinajstić information content (AvgIpc) is 2.85. The minimum Gasteiger partial charge on any atom is -0.372 e. The van der Waals surface area contributed by atoms with Crippen molar-refractivity contribution in [2.75, 3.05) is 0 Å². The summed E-state index contributed by atoms with van der Waals surface area (Å²) in [7, 11) is 0. The van der Waals surface area contributed by atoms with E-state index in [0.29, 0.717) is 6.10 Å². The third-order valence-corrected chi connectivity index (χ3v) is 5.63. The molecule has 0 amide bonds. The zero-order chi connectivity index (χ0) is 12.6. The number of hydrogen-bond donors (Lipinski definition) is 1. The van der Waals surface area contributed by atoms with Crippen LogP contribution in [0, 0.1) is 5.92 Å². The van der Waals surface area contributed by atoms with Gasteiger partial charge in [-0.2, -0.15) is 0 Å². The third-order valence-electron chi connectivity index (χ3n) is 5.63. The Hall–Kier alpha value is -0.0800. The summed E-state index contributed by atoms with van der Waals surface area (Å²) in [5.74, 6) is 0.819. The van der Waals surface area contributed by atoms with Crippen molar-refractivity contribution >= 4 is 0 Å². The SMILES string of the molecule is CC1CCC(N)(CC2CCC3(CCCCC3)O2)C1. The highest BCUT2D eigenvalue weighted by atomic mass is 16.5. The lowest BCUT2D eigenvalue weighted by atomic mass is 9.82. The summed E-state index contributed by atoms with van der Waals surface area (Å²) in [5, 5.41) is 0. The lowest BCUT2D eigenvalue weighted by Gasteiger charge is -2.35. The molecular formula is C16H29NO. The van der Waals surface area contributed by atoms with Gasteiger partial charge < -0.3 is 10.5 Å². The van der Waals surface area contributed by atoms with Gasteiger partial charge in [-0.3, -0.25) is 0 Å². The van der Waals surface area contributed by atoms with E-state index in [1.165, 1.54) is 64.2 Å². The van der Waals surface area contributed by atoms with Crippen LogP contribution in [0.15, 0.2) is 0 Å². The minimum absolute atomic E-state index is 0.0876. The molecule has 2 saturated carbocycles. The molecular weight excluding hydrogens is 222 g/mol. The minimum atomic E-state index is 0.0876. The Morgan fingerprint density at radius 2 is 1.83 bits per heavy atom. The second kappa shape index (κ2) is 4.79. The summed E-state index contributed by atoms with van der Waals surface area (Å²) in [5.41, 5.74) is 6.92. The Bertz CT molecular complexity index is 297. The largest absolute Gasteiger partial charge is 0.372 e. The second-order valence-corrected chi connectivity index (χ2v) is 7.44. The molecule has 3 aliphatic rings. The molecule has 2 N–H and O–H groups in total. The quantitative estimate of drug-likeness (QED) is 0.810. The summed E-state index contributed by atoms with van der Waals surface area (Å²) in [6.45, 7) is 2.34. The predicted octanol–water partition coefficient (Wildman–Crippen LogP) is 3.78. The molecule has 0 aromatic rings. The van der Waals surface area contributed by atoms with Gasteiger partial charge in [-0.15, -0.1) is 0 Å². The highest BCUT2D eigenvalue weighted by Gasteiger charge is 2.44. The van der Waals surface area contributed by atoms with Crippen LogP contribution in [0.2, 0.25) is 0 Å². The molecule has 1 saturated heterocycles. The lowest BCUT2D eigenvalue weighted by Crippen LogP contribution is -2.41. The van der Waals surface area contributed by atoms with Crippen LogP contribution in [0.3, 0.4) is 0 Å². The van der Waals surface area contributed by atoms with Crippen molar-refractivity contribution in [3.05, 3.63) is 0 Å². The first-order chi connectivity index (χ1) is 8.59. The number of rotatable bonds is 2. The van der Waals surface area contributed by atoms with E-state index in [-0.39, 0.29) is 11.1 Å². The van der Waals surface area contributed by atoms with Gasteiger partial charge in [0.1, 0.15) is 0 Å². The zero-order valence-electron chi connectivity index (χ0n) is 11.9. The van der Waals surface area contributed by atoms with Gasteiger partial charge in [0.25, 0.3) is 0 Å². The van der Waals surface area contributed by atoms with Crippen LogP contribution in [0.5, 0.6) is 0 Å². The molecule has 0 radical (unpaired) electrons. The number of hydrogen-bond acceptors (Lipinski definition) is 2. The average molecular weight is 251 g/mol. The van der Waals surface area contributed by atoms with Crippen LogP contribution < -0.4 is 5.73 Å². The lowest BCUT2D eigenvalue weighted by molar-refractivity contribution is -0.0711. The highest BCUT2D eigenvalue weighted by molar-refractivity contribution is 4.98. The molecule has 3 rings (SSSR count). The summed E-state index contributed by atoms with van der Waals surface area (Å²) in [4.78, 5) is 0. The Morgan fingerprint density at radius 3 is 2.50 bits per heavy atom. The van der Waals surface area contributed by atoms with E-state index >= 15 is 0 Å². The monoisotopic (exact) mass is 251 g/mol. The first kappa shape index (κ1) is 12.9. The van der Waals surface area contributed by atoms with Crippen molar-refractivity contribution in [2.24, 2.45) is 11.7 Å². The van der Waals surface area contributed by atoms with E-state index in [1.807, 2.05) is 0 Å². The van der Waals surface area contributed by atoms with Crippen LogP contribution in [0.1, 0.15) is 77.6 Å². The standard InChI is InChI=1S/C16H29NO/c1-13-5-9-15(17,11-13)12-14-6-10-16(18-14)7-3-2-4-8-16/h13-14H,2-12,17H2,1H3. The van der Waals surface area contributed by atoms with Gasteiger partial charge in [-0.05, 0) is 57.3 Å². The van der Waals surface area contributed by atoms with E-state index in [0.717, 1.165) is 12.3 Å². The van der Waals surface area contributed by atoms with Crippen LogP contribution in [-0.2, 0) is 4.74 Å². The van der Waals surface area contributed by atoms with E-state index < -0.39 is 0 Å². The molecule has 2 aliphatic carbocycles. The first-order valence-electron chi connectivity index (χ1n) is 8.06. The smallest absolute Gasteiger partial charge is 0.0687 e. The van der Waals surface area contributed by atoms with E-state index in [9.17, 15) is 0 Å². The van der Waals surface area contributed by atoms with Gasteiger partial charge in [0.05, 0.1) is 11.7 Å². The fraction of sp³-hybridized carbons (Fsp3) is 1.00. The van der Waals surface area contributed by atoms with Crippen molar-refractivity contribution < 1.29 is 4.74 Å². The summed E-state index contributed by atoms with van der Waals surface area (Å²) < 4.78 is 6.47. The van der Waals surface area contributed by atoms with Crippen LogP contribution in [0.25, 0.3) is 0 Å². The van der Waals surface area contributed by atoms with Gasteiger partial charge in [-0.25, -0.2) is 0 Å². The van der Waals surface area contributed by atoms with Crippen molar-refractivity contribution in [2.45, 2.75) is 94.8 Å². The number of ether oxygens (including phenoxy) is 1. The van der Waals surface area contributed by atoms with Crippen LogP contribution in [0.4, 0.5) is 0 Å². The fourth-order valence-electron chi connectivity index (χ4n) is 4.67. The second-order valence-electron chi connectivity index (χ2n) is 7.44. The predicted molar refractivity (Wildman–Crippen MR) is 74.5 cm³/mol. The van der Waals surface area contributed by atoms with Crippen molar-refractivity contribution in [1.29, 1.82) is 0 Å². The molecule has 2 heteroatoms. The van der Waals surface area contributed by atoms with Crippen molar-refractivity contribution in [3.8, 4) is 0 Å². The summed E-state index contributed by atoms with van der Waals surface area (Å²) in [6, 6.07) is 0. The zero-order valence-corrected chi connectivity index (χ0v) is 11.9. The number of nitrogens with two attached hydrogens (primary N) is 1. The molecule has 0 aromatic heterocycles. The maximum Gasteiger partial charge on any atom is 0.0687 e. The van der Waals surface area contributed by atoms with Crippen molar-refractivity contribution in [3.63, 3.8) is 0 Å². The molecule has 0 aromatic carbocycles. The highest BCUT2D eigenvalue weighted by Crippen LogP contribution is 2.45. The van der Waals surface area contributed by atoms with E-state index in [4.69, 9.17) is 10.5 Å². The van der Waals surface area contributed by atoms with Gasteiger partial charge in [0.15, 0.2) is 0 Å². The normalized spacial score (nSPS) is 43.7. The molecule has 104 valence electrons. The summed E-state index contributed by atoms with van der Waals surface area (Å²) in [6.07, 6.45) is 14.6. The first-order valence-corrected chi connectivity index (χ1v) is 8.06. The Balaban J connectivity index is 1.56. The molecule has 18 heavy (non-hydrogen) atoms. The van der Waals surface area contributed by atoms with Crippen LogP contribution in [-0.4, -0.2) is 17.2 Å². The summed E-state index contributed by atoms with van der Waals surface area (Å²) >= 11 is 0. The Kier molecular flexibility index (Phi) is 3.44. The van der Waals surface area contributed by atoms with E-state index in [2.05, 4.69) is 6.92 Å². The van der Waals surface area contributed by atoms with Gasteiger partial charge in [0.2, 0.25) is 0 Å². The molecule has 3 atom stereocenters. The topological polar surface area (TPSA) is 35.2 Å². The van der Waals surface area contributed by atoms with Gasteiger partial charge >= 0.3 is 0 Å². The molecule has 1 heterocycles. The maximum atomic E-state index is 6.57. The molecule has 1 spiro atoms. The van der Waals surface area contributed by atoms with E-state index in [1.54, 1.807) is 0 Å². The third kappa shape index (κ3) is 2.60. The Labute approximate surface area is 112 Å². The van der Waals surface area contributed by atoms with Crippen LogP contribution >= 0.6 is 0 Å². The molecule has 2 nitrogen and oxygen atoms in total.